The van der Waals surface area contributed by atoms with E-state index in [1.165, 1.54) is 6.21 Å². The van der Waals surface area contributed by atoms with Crippen molar-refractivity contribution in [3.8, 4) is 23.0 Å². The molecular formula is C29H31Cl2N3O6. The molecule has 0 bridgehead atoms. The number of ether oxygens (including phenoxy) is 4. The first-order chi connectivity index (χ1) is 19.3. The lowest BCUT2D eigenvalue weighted by Gasteiger charge is -2.14. The average Bonchev–Trinajstić information content (AvgIpc) is 2.93. The predicted molar refractivity (Wildman–Crippen MR) is 157 cm³/mol. The summed E-state index contributed by atoms with van der Waals surface area (Å²) in [7, 11) is 0. The minimum Gasteiger partial charge on any atom is -0.490 e. The molecule has 212 valence electrons. The summed E-state index contributed by atoms with van der Waals surface area (Å²) in [6.45, 7) is 6.69. The Bertz CT molecular complexity index is 1330. The molecule has 0 fully saturated rings. The first-order valence-electron chi connectivity index (χ1n) is 12.7. The number of carbonyl (C=O) groups excluding carboxylic acids is 2. The zero-order valence-corrected chi connectivity index (χ0v) is 24.0. The Morgan fingerprint density at radius 3 is 2.27 bits per heavy atom. The zero-order valence-electron chi connectivity index (χ0n) is 22.5. The van der Waals surface area contributed by atoms with Crippen LogP contribution in [0.15, 0.2) is 59.7 Å². The van der Waals surface area contributed by atoms with Gasteiger partial charge < -0.3 is 24.3 Å². The SMILES string of the molecule is CCCOc1ccc(C(=O)N/N=C/c2cc(Cl)c(OCC(=O)Nc3ccc(Cl)cc3)c(OCC)c2)cc1OCC. The van der Waals surface area contributed by atoms with Crippen molar-refractivity contribution in [2.45, 2.75) is 27.2 Å². The van der Waals surface area contributed by atoms with E-state index in [1.807, 2.05) is 13.8 Å². The van der Waals surface area contributed by atoms with Crippen LogP contribution in [0.4, 0.5) is 5.69 Å². The van der Waals surface area contributed by atoms with Gasteiger partial charge in [-0.25, -0.2) is 5.43 Å². The van der Waals surface area contributed by atoms with Crippen molar-refractivity contribution in [3.05, 3.63) is 75.8 Å². The maximum Gasteiger partial charge on any atom is 0.271 e. The largest absolute Gasteiger partial charge is 0.490 e. The Hall–Kier alpha value is -3.95. The minimum absolute atomic E-state index is 0.210. The highest BCUT2D eigenvalue weighted by Gasteiger charge is 2.15. The van der Waals surface area contributed by atoms with E-state index in [4.69, 9.17) is 42.1 Å². The molecule has 0 saturated carbocycles. The van der Waals surface area contributed by atoms with Crippen LogP contribution in [-0.2, 0) is 4.79 Å². The quantitative estimate of drug-likeness (QED) is 0.168. The molecule has 0 radical (unpaired) electrons. The Labute approximate surface area is 243 Å². The van der Waals surface area contributed by atoms with E-state index in [2.05, 4.69) is 15.8 Å². The molecule has 0 saturated heterocycles. The molecule has 3 rings (SSSR count). The number of anilines is 1. The zero-order chi connectivity index (χ0) is 28.9. The molecule has 0 atom stereocenters. The summed E-state index contributed by atoms with van der Waals surface area (Å²) in [5, 5.41) is 7.53. The van der Waals surface area contributed by atoms with Crippen LogP contribution in [0.1, 0.15) is 43.1 Å². The fraction of sp³-hybridized carbons (Fsp3) is 0.276. The lowest BCUT2D eigenvalue weighted by molar-refractivity contribution is -0.118. The van der Waals surface area contributed by atoms with Crippen molar-refractivity contribution in [2.24, 2.45) is 5.10 Å². The Balaban J connectivity index is 1.66. The molecule has 0 aliphatic rings. The monoisotopic (exact) mass is 587 g/mol. The standard InChI is InChI=1S/C29H31Cl2N3O6/c1-4-13-39-24-12-7-20(16-25(24)37-5-2)29(36)34-32-17-19-14-23(31)28(26(15-19)38-6-3)40-18-27(35)33-22-10-8-21(30)9-11-22/h7-12,14-17H,4-6,13,18H2,1-3H3,(H,33,35)(H,34,36)/b32-17+. The van der Waals surface area contributed by atoms with Gasteiger partial charge in [0.1, 0.15) is 0 Å². The first kappa shape index (κ1) is 30.6. The number of nitrogens with one attached hydrogen (secondary N) is 2. The van der Waals surface area contributed by atoms with Crippen molar-refractivity contribution in [3.63, 3.8) is 0 Å². The van der Waals surface area contributed by atoms with E-state index in [-0.39, 0.29) is 23.3 Å². The van der Waals surface area contributed by atoms with Crippen LogP contribution in [0.5, 0.6) is 23.0 Å². The number of amides is 2. The molecule has 9 nitrogen and oxygen atoms in total. The molecule has 2 amide bonds. The topological polar surface area (TPSA) is 107 Å². The number of halogens is 2. The minimum atomic E-state index is -0.429. The van der Waals surface area contributed by atoms with Crippen LogP contribution in [-0.4, -0.2) is 44.5 Å². The number of benzene rings is 3. The van der Waals surface area contributed by atoms with Gasteiger partial charge in [-0.3, -0.25) is 9.59 Å². The second-order valence-electron chi connectivity index (χ2n) is 8.25. The fourth-order valence-electron chi connectivity index (χ4n) is 3.41. The molecule has 0 aliphatic heterocycles. The molecular weight excluding hydrogens is 557 g/mol. The van der Waals surface area contributed by atoms with E-state index in [0.717, 1.165) is 6.42 Å². The van der Waals surface area contributed by atoms with Crippen molar-refractivity contribution in [1.29, 1.82) is 0 Å². The van der Waals surface area contributed by atoms with Gasteiger partial charge in [0.25, 0.3) is 11.8 Å². The fourth-order valence-corrected chi connectivity index (χ4v) is 3.81. The van der Waals surface area contributed by atoms with Gasteiger partial charge >= 0.3 is 0 Å². The summed E-state index contributed by atoms with van der Waals surface area (Å²) in [5.74, 6) is 0.786. The van der Waals surface area contributed by atoms with E-state index < -0.39 is 5.91 Å². The lowest BCUT2D eigenvalue weighted by atomic mass is 10.2. The maximum absolute atomic E-state index is 12.7. The highest BCUT2D eigenvalue weighted by atomic mass is 35.5. The van der Waals surface area contributed by atoms with Gasteiger partial charge in [0, 0.05) is 16.3 Å². The van der Waals surface area contributed by atoms with Crippen molar-refractivity contribution in [1.82, 2.24) is 5.43 Å². The predicted octanol–water partition coefficient (Wildman–Crippen LogP) is 6.36. The molecule has 0 heterocycles. The van der Waals surface area contributed by atoms with Crippen LogP contribution < -0.4 is 29.7 Å². The maximum atomic E-state index is 12.7. The average molecular weight is 588 g/mol. The number of carbonyl (C=O) groups is 2. The molecule has 0 aliphatic carbocycles. The molecule has 3 aromatic rings. The summed E-state index contributed by atoms with van der Waals surface area (Å²) < 4.78 is 22.6. The molecule has 3 aromatic carbocycles. The summed E-state index contributed by atoms with van der Waals surface area (Å²) in [6, 6.07) is 14.9. The third-order valence-electron chi connectivity index (χ3n) is 5.15. The van der Waals surface area contributed by atoms with Gasteiger partial charge in [0.05, 0.1) is 31.1 Å². The summed E-state index contributed by atoms with van der Waals surface area (Å²) in [5.41, 5.74) is 3.98. The van der Waals surface area contributed by atoms with Crippen LogP contribution in [0, 0.1) is 0 Å². The number of hydrazone groups is 1. The van der Waals surface area contributed by atoms with Gasteiger partial charge in [0.15, 0.2) is 29.6 Å². The van der Waals surface area contributed by atoms with Gasteiger partial charge in [0.2, 0.25) is 0 Å². The Kier molecular flexibility index (Phi) is 11.9. The van der Waals surface area contributed by atoms with Crippen LogP contribution in [0.3, 0.4) is 0 Å². The lowest BCUT2D eigenvalue weighted by Crippen LogP contribution is -2.20. The van der Waals surface area contributed by atoms with Crippen LogP contribution in [0.2, 0.25) is 10.0 Å². The van der Waals surface area contributed by atoms with E-state index in [0.29, 0.717) is 58.9 Å². The Morgan fingerprint density at radius 1 is 0.850 bits per heavy atom. The third kappa shape index (κ3) is 9.07. The third-order valence-corrected chi connectivity index (χ3v) is 5.69. The van der Waals surface area contributed by atoms with Crippen LogP contribution >= 0.6 is 23.2 Å². The highest BCUT2D eigenvalue weighted by molar-refractivity contribution is 6.32. The van der Waals surface area contributed by atoms with Gasteiger partial charge in [-0.1, -0.05) is 30.1 Å². The van der Waals surface area contributed by atoms with Crippen molar-refractivity contribution >= 4 is 46.9 Å². The van der Waals surface area contributed by atoms with Gasteiger partial charge in [-0.2, -0.15) is 5.10 Å². The number of rotatable bonds is 14. The molecule has 0 aromatic heterocycles. The van der Waals surface area contributed by atoms with Crippen molar-refractivity contribution in [2.75, 3.05) is 31.7 Å². The summed E-state index contributed by atoms with van der Waals surface area (Å²) in [6.07, 6.45) is 2.27. The molecule has 2 N–H and O–H groups in total. The highest BCUT2D eigenvalue weighted by Crippen LogP contribution is 2.36. The summed E-state index contributed by atoms with van der Waals surface area (Å²) >= 11 is 12.3. The second-order valence-corrected chi connectivity index (χ2v) is 9.09. The smallest absolute Gasteiger partial charge is 0.271 e. The van der Waals surface area contributed by atoms with Gasteiger partial charge in [-0.05, 0) is 80.4 Å². The molecule has 11 heteroatoms. The second kappa shape index (κ2) is 15.6. The van der Waals surface area contributed by atoms with E-state index >= 15 is 0 Å². The van der Waals surface area contributed by atoms with Crippen LogP contribution in [0.25, 0.3) is 0 Å². The normalized spacial score (nSPS) is 10.7. The number of hydrogen-bond donors (Lipinski definition) is 2. The number of nitrogens with zero attached hydrogens (tertiary/aromatic N) is 1. The Morgan fingerprint density at radius 2 is 1.57 bits per heavy atom. The van der Waals surface area contributed by atoms with Gasteiger partial charge in [-0.15, -0.1) is 0 Å². The van der Waals surface area contributed by atoms with E-state index in [9.17, 15) is 9.59 Å². The van der Waals surface area contributed by atoms with E-state index in [1.54, 1.807) is 61.5 Å². The van der Waals surface area contributed by atoms with Crippen molar-refractivity contribution < 1.29 is 28.5 Å². The molecule has 0 unspecified atom stereocenters. The summed E-state index contributed by atoms with van der Waals surface area (Å²) in [4.78, 5) is 25.0. The molecule has 40 heavy (non-hydrogen) atoms. The first-order valence-corrected chi connectivity index (χ1v) is 13.5. The number of hydrogen-bond acceptors (Lipinski definition) is 7. The molecule has 0 spiro atoms.